The number of hydrogen-bond donors (Lipinski definition) is 0. The van der Waals surface area contributed by atoms with Gasteiger partial charge in [-0.15, -0.1) is 0 Å². The lowest BCUT2D eigenvalue weighted by atomic mass is 10.2. The molecule has 0 aliphatic heterocycles. The quantitative estimate of drug-likeness (QED) is 0.233. The number of nitro groups is 1. The minimum atomic E-state index is -0.472. The number of nitro benzene ring substituents is 1. The first-order valence-electron chi connectivity index (χ1n) is 9.98. The smallest absolute Gasteiger partial charge is 0.273 e. The molecular formula is C23H20N4O4S. The van der Waals surface area contributed by atoms with Crippen molar-refractivity contribution >= 4 is 28.5 Å². The molecule has 4 aromatic rings. The van der Waals surface area contributed by atoms with Gasteiger partial charge in [0.15, 0.2) is 0 Å². The zero-order valence-corrected chi connectivity index (χ0v) is 17.9. The highest BCUT2D eigenvalue weighted by molar-refractivity contribution is 7.98. The Morgan fingerprint density at radius 1 is 0.906 bits per heavy atom. The van der Waals surface area contributed by atoms with E-state index >= 15 is 0 Å². The van der Waals surface area contributed by atoms with Crippen molar-refractivity contribution in [1.29, 1.82) is 0 Å². The molecule has 32 heavy (non-hydrogen) atoms. The minimum absolute atomic E-state index is 0.0236. The maximum absolute atomic E-state index is 13.2. The van der Waals surface area contributed by atoms with Crippen LogP contribution in [0.15, 0.2) is 82.5 Å². The number of hydrogen-bond acceptors (Lipinski definition) is 6. The second kappa shape index (κ2) is 9.61. The van der Waals surface area contributed by atoms with Gasteiger partial charge in [-0.1, -0.05) is 42.5 Å². The van der Waals surface area contributed by atoms with E-state index in [0.717, 1.165) is 5.75 Å². The monoisotopic (exact) mass is 448 g/mol. The fraction of sp³-hybridized carbons (Fsp3) is 0.174. The molecule has 0 radical (unpaired) electrons. The van der Waals surface area contributed by atoms with Gasteiger partial charge in [-0.05, 0) is 23.3 Å². The van der Waals surface area contributed by atoms with Crippen LogP contribution in [0.3, 0.4) is 0 Å². The van der Waals surface area contributed by atoms with E-state index in [9.17, 15) is 19.7 Å². The van der Waals surface area contributed by atoms with Crippen LogP contribution in [0.2, 0.25) is 0 Å². The highest BCUT2D eigenvalue weighted by atomic mass is 32.2. The van der Waals surface area contributed by atoms with Gasteiger partial charge in [0.25, 0.3) is 11.2 Å². The van der Waals surface area contributed by atoms with Crippen molar-refractivity contribution in [3.05, 3.63) is 115 Å². The fourth-order valence-corrected chi connectivity index (χ4v) is 4.30. The van der Waals surface area contributed by atoms with Gasteiger partial charge < -0.3 is 0 Å². The number of non-ortho nitro benzene ring substituents is 1. The number of nitrogens with zero attached hydrogens (tertiary/aromatic N) is 4. The molecule has 4 rings (SSSR count). The van der Waals surface area contributed by atoms with Crippen molar-refractivity contribution in [1.82, 2.24) is 14.1 Å². The Kier molecular flexibility index (Phi) is 6.46. The first kappa shape index (κ1) is 21.5. The molecule has 0 bridgehead atoms. The SMILES string of the molecule is O=c1c2cccnc2n(Cc2ccc([N+](=O)[O-])cc2)c(=O)n1CCSCc1ccccc1. The van der Waals surface area contributed by atoms with Crippen LogP contribution < -0.4 is 11.2 Å². The summed E-state index contributed by atoms with van der Waals surface area (Å²) in [5.74, 6) is 1.40. The van der Waals surface area contributed by atoms with E-state index in [1.54, 1.807) is 36.0 Å². The third kappa shape index (κ3) is 4.62. The van der Waals surface area contributed by atoms with Crippen molar-refractivity contribution < 1.29 is 4.92 Å². The zero-order chi connectivity index (χ0) is 22.5. The van der Waals surface area contributed by atoms with Crippen molar-refractivity contribution in [3.8, 4) is 0 Å². The van der Waals surface area contributed by atoms with E-state index in [1.165, 1.54) is 33.0 Å². The van der Waals surface area contributed by atoms with Gasteiger partial charge in [0, 0.05) is 36.4 Å². The number of rotatable bonds is 8. The predicted molar refractivity (Wildman–Crippen MR) is 125 cm³/mol. The minimum Gasteiger partial charge on any atom is -0.273 e. The molecule has 162 valence electrons. The summed E-state index contributed by atoms with van der Waals surface area (Å²) in [6, 6.07) is 19.3. The highest BCUT2D eigenvalue weighted by Crippen LogP contribution is 2.15. The molecule has 0 atom stereocenters. The van der Waals surface area contributed by atoms with Gasteiger partial charge in [0.2, 0.25) is 0 Å². The van der Waals surface area contributed by atoms with E-state index in [1.807, 2.05) is 30.3 Å². The first-order valence-corrected chi connectivity index (χ1v) is 11.1. The van der Waals surface area contributed by atoms with Gasteiger partial charge in [-0.3, -0.25) is 24.0 Å². The molecule has 0 aliphatic carbocycles. The molecule has 0 saturated heterocycles. The molecule has 0 N–H and O–H groups in total. The summed E-state index contributed by atoms with van der Waals surface area (Å²) >= 11 is 1.65. The second-order valence-corrected chi connectivity index (χ2v) is 8.27. The molecule has 2 heterocycles. The Hall–Kier alpha value is -3.72. The summed E-state index contributed by atoms with van der Waals surface area (Å²) < 4.78 is 2.69. The Labute approximate surface area is 187 Å². The molecule has 0 spiro atoms. The lowest BCUT2D eigenvalue weighted by Gasteiger charge is -2.13. The summed E-state index contributed by atoms with van der Waals surface area (Å²) in [4.78, 5) is 40.9. The van der Waals surface area contributed by atoms with Gasteiger partial charge in [-0.2, -0.15) is 11.8 Å². The lowest BCUT2D eigenvalue weighted by molar-refractivity contribution is -0.384. The van der Waals surface area contributed by atoms with Crippen molar-refractivity contribution in [2.45, 2.75) is 18.8 Å². The van der Waals surface area contributed by atoms with Crippen LogP contribution in [0.4, 0.5) is 5.69 Å². The van der Waals surface area contributed by atoms with Gasteiger partial charge >= 0.3 is 5.69 Å². The van der Waals surface area contributed by atoms with Crippen molar-refractivity contribution in [2.24, 2.45) is 0 Å². The van der Waals surface area contributed by atoms with Gasteiger partial charge in [-0.25, -0.2) is 9.78 Å². The standard InChI is InChI=1S/C23H20N4O4S/c28-22-20-7-4-12-24-21(20)26(15-17-8-10-19(11-9-17)27(30)31)23(29)25(22)13-14-32-16-18-5-2-1-3-6-18/h1-12H,13-16H2. The molecule has 0 aliphatic rings. The summed E-state index contributed by atoms with van der Waals surface area (Å²) in [6.45, 7) is 0.433. The van der Waals surface area contributed by atoms with Crippen LogP contribution in [-0.4, -0.2) is 24.8 Å². The molecule has 2 aromatic carbocycles. The molecule has 0 saturated carbocycles. The Balaban J connectivity index is 1.62. The second-order valence-electron chi connectivity index (χ2n) is 7.16. The Bertz CT molecular complexity index is 1370. The number of fused-ring (bicyclic) bond motifs is 1. The van der Waals surface area contributed by atoms with E-state index in [2.05, 4.69) is 4.98 Å². The number of aromatic nitrogens is 3. The highest BCUT2D eigenvalue weighted by Gasteiger charge is 2.15. The zero-order valence-electron chi connectivity index (χ0n) is 17.1. The van der Waals surface area contributed by atoms with E-state index in [4.69, 9.17) is 0 Å². The summed E-state index contributed by atoms with van der Waals surface area (Å²) in [5, 5.41) is 11.3. The molecule has 9 heteroatoms. The van der Waals surface area contributed by atoms with Crippen LogP contribution in [-0.2, 0) is 18.8 Å². The average molecular weight is 449 g/mol. The van der Waals surface area contributed by atoms with Crippen molar-refractivity contribution in [3.63, 3.8) is 0 Å². The van der Waals surface area contributed by atoms with E-state index in [-0.39, 0.29) is 24.3 Å². The maximum atomic E-state index is 13.2. The summed E-state index contributed by atoms with van der Waals surface area (Å²) in [7, 11) is 0. The predicted octanol–water partition coefficient (Wildman–Crippen LogP) is 3.45. The Morgan fingerprint density at radius 2 is 1.66 bits per heavy atom. The maximum Gasteiger partial charge on any atom is 0.332 e. The number of benzene rings is 2. The summed E-state index contributed by atoms with van der Waals surface area (Å²) in [5.41, 5.74) is 1.35. The van der Waals surface area contributed by atoms with Crippen LogP contribution >= 0.6 is 11.8 Å². The van der Waals surface area contributed by atoms with Crippen LogP contribution in [0.1, 0.15) is 11.1 Å². The molecule has 2 aromatic heterocycles. The number of thioether (sulfide) groups is 1. The molecule has 0 unspecified atom stereocenters. The number of pyridine rings is 1. The van der Waals surface area contributed by atoms with Crippen molar-refractivity contribution in [2.75, 3.05) is 5.75 Å². The molecule has 0 fully saturated rings. The topological polar surface area (TPSA) is 100 Å². The first-order chi connectivity index (χ1) is 15.5. The van der Waals surface area contributed by atoms with Gasteiger partial charge in [0.1, 0.15) is 5.65 Å². The lowest BCUT2D eigenvalue weighted by Crippen LogP contribution is -2.41. The fourth-order valence-electron chi connectivity index (χ4n) is 3.41. The Morgan fingerprint density at radius 3 is 2.38 bits per heavy atom. The summed E-state index contributed by atoms with van der Waals surface area (Å²) in [6.07, 6.45) is 1.54. The van der Waals surface area contributed by atoms with Crippen LogP contribution in [0.25, 0.3) is 11.0 Å². The largest absolute Gasteiger partial charge is 0.332 e. The molecular weight excluding hydrogens is 428 g/mol. The van der Waals surface area contributed by atoms with Crippen LogP contribution in [0, 0.1) is 10.1 Å². The average Bonchev–Trinajstić information content (AvgIpc) is 2.82. The third-order valence-electron chi connectivity index (χ3n) is 5.04. The van der Waals surface area contributed by atoms with Gasteiger partial charge in [0.05, 0.1) is 16.9 Å². The third-order valence-corrected chi connectivity index (χ3v) is 6.05. The van der Waals surface area contributed by atoms with Crippen LogP contribution in [0.5, 0.6) is 0 Å². The van der Waals surface area contributed by atoms with E-state index in [0.29, 0.717) is 22.3 Å². The normalized spacial score (nSPS) is 11.0. The molecule has 0 amide bonds. The van der Waals surface area contributed by atoms with E-state index < -0.39 is 10.6 Å². The molecule has 8 nitrogen and oxygen atoms in total.